The molecule has 3 aromatic rings. The molecule has 0 amide bonds. The second-order valence-corrected chi connectivity index (χ2v) is 8.23. The van der Waals surface area contributed by atoms with E-state index in [0.717, 1.165) is 0 Å². The Balaban J connectivity index is 1.73. The number of rotatable bonds is 4. The van der Waals surface area contributed by atoms with Crippen LogP contribution in [-0.4, -0.2) is 24.4 Å². The van der Waals surface area contributed by atoms with Crippen LogP contribution in [0.4, 0.5) is 0 Å². The molecule has 0 saturated heterocycles. The van der Waals surface area contributed by atoms with Gasteiger partial charge in [-0.05, 0) is 50.8 Å². The fraction of sp³-hybridized carbons (Fsp3) is 0.348. The van der Waals surface area contributed by atoms with Crippen LogP contribution in [0, 0.1) is 5.92 Å². The molecule has 0 spiro atoms. The van der Waals surface area contributed by atoms with Crippen LogP contribution in [0.15, 0.2) is 33.5 Å². The van der Waals surface area contributed by atoms with Gasteiger partial charge in [-0.15, -0.1) is 0 Å². The van der Waals surface area contributed by atoms with Crippen molar-refractivity contribution in [1.82, 2.24) is 0 Å². The van der Waals surface area contributed by atoms with Crippen molar-refractivity contribution in [3.8, 4) is 23.0 Å². The monoisotopic (exact) mass is 394 g/mol. The van der Waals surface area contributed by atoms with Crippen LogP contribution in [0.2, 0.25) is 0 Å². The summed E-state index contributed by atoms with van der Waals surface area (Å²) < 4.78 is 23.2. The Morgan fingerprint density at radius 2 is 1.97 bits per heavy atom. The summed E-state index contributed by atoms with van der Waals surface area (Å²) in [4.78, 5) is 13.2. The maximum Gasteiger partial charge on any atom is 0.204 e. The first-order valence-electron chi connectivity index (χ1n) is 9.72. The molecule has 0 atom stereocenters. The van der Waals surface area contributed by atoms with E-state index in [2.05, 4.69) is 0 Å². The molecule has 6 heteroatoms. The molecule has 0 radical (unpaired) electrons. The second-order valence-electron chi connectivity index (χ2n) is 8.23. The van der Waals surface area contributed by atoms with Crippen molar-refractivity contribution in [1.29, 1.82) is 0 Å². The number of phenolic OH excluding ortho intramolecular Hbond substituents is 1. The SMILES string of the molecule is COc1cc2c(=O)c3c(O)c4c(cc3oc2cc1OCC1CC1)OC(C)(C)C=C4. The van der Waals surface area contributed by atoms with Crippen molar-refractivity contribution in [2.45, 2.75) is 32.3 Å². The summed E-state index contributed by atoms with van der Waals surface area (Å²) in [5.41, 5.74) is 0.274. The average molecular weight is 394 g/mol. The highest BCUT2D eigenvalue weighted by molar-refractivity contribution is 5.97. The Kier molecular flexibility index (Phi) is 3.81. The second kappa shape index (κ2) is 6.17. The van der Waals surface area contributed by atoms with Gasteiger partial charge in [-0.25, -0.2) is 0 Å². The van der Waals surface area contributed by atoms with Crippen molar-refractivity contribution < 1.29 is 23.7 Å². The summed E-state index contributed by atoms with van der Waals surface area (Å²) in [7, 11) is 1.53. The largest absolute Gasteiger partial charge is 0.506 e. The van der Waals surface area contributed by atoms with Gasteiger partial charge in [-0.3, -0.25) is 4.79 Å². The molecule has 1 N–H and O–H groups in total. The first-order valence-corrected chi connectivity index (χ1v) is 9.72. The van der Waals surface area contributed by atoms with Gasteiger partial charge in [0, 0.05) is 12.1 Å². The molecule has 6 nitrogen and oxygen atoms in total. The van der Waals surface area contributed by atoms with E-state index in [9.17, 15) is 9.90 Å². The maximum atomic E-state index is 13.2. The summed E-state index contributed by atoms with van der Waals surface area (Å²) in [5, 5.41) is 11.2. The highest BCUT2D eigenvalue weighted by atomic mass is 16.5. The summed E-state index contributed by atoms with van der Waals surface area (Å²) >= 11 is 0. The summed E-state index contributed by atoms with van der Waals surface area (Å²) in [6.07, 6.45) is 5.96. The third-order valence-corrected chi connectivity index (χ3v) is 5.42. The number of ether oxygens (including phenoxy) is 3. The molecule has 1 aliphatic carbocycles. The fourth-order valence-corrected chi connectivity index (χ4v) is 3.60. The lowest BCUT2D eigenvalue weighted by Gasteiger charge is -2.28. The zero-order chi connectivity index (χ0) is 20.3. The summed E-state index contributed by atoms with van der Waals surface area (Å²) in [5.74, 6) is 1.91. The van der Waals surface area contributed by atoms with E-state index in [0.29, 0.717) is 46.3 Å². The van der Waals surface area contributed by atoms with Crippen LogP contribution in [-0.2, 0) is 0 Å². The van der Waals surface area contributed by atoms with Crippen molar-refractivity contribution >= 4 is 28.0 Å². The number of phenols is 1. The van der Waals surface area contributed by atoms with Gasteiger partial charge in [0.15, 0.2) is 11.5 Å². The Bertz CT molecular complexity index is 1230. The predicted molar refractivity (Wildman–Crippen MR) is 110 cm³/mol. The number of hydrogen-bond acceptors (Lipinski definition) is 6. The molecule has 1 saturated carbocycles. The van der Waals surface area contributed by atoms with Crippen molar-refractivity contribution in [3.63, 3.8) is 0 Å². The highest BCUT2D eigenvalue weighted by Crippen LogP contribution is 2.42. The van der Waals surface area contributed by atoms with Crippen LogP contribution < -0.4 is 19.6 Å². The number of benzene rings is 2. The summed E-state index contributed by atoms with van der Waals surface area (Å²) in [6.45, 7) is 4.45. The predicted octanol–water partition coefficient (Wildman–Crippen LogP) is 4.63. The Hall–Kier alpha value is -3.15. The molecule has 5 rings (SSSR count). The van der Waals surface area contributed by atoms with Crippen LogP contribution in [0.3, 0.4) is 0 Å². The average Bonchev–Trinajstić information content (AvgIpc) is 3.49. The number of aromatic hydroxyl groups is 1. The van der Waals surface area contributed by atoms with Crippen molar-refractivity contribution in [3.05, 3.63) is 40.1 Å². The Labute approximate surface area is 167 Å². The Morgan fingerprint density at radius 3 is 2.69 bits per heavy atom. The van der Waals surface area contributed by atoms with Crippen LogP contribution >= 0.6 is 0 Å². The topological polar surface area (TPSA) is 78.1 Å². The highest BCUT2D eigenvalue weighted by Gasteiger charge is 2.27. The standard InChI is InChI=1S/C23H22O6/c1-23(2)7-6-13-16(29-23)10-19-20(21(13)24)22(25)14-8-17(26-3)18(9-15(14)28-19)27-11-12-4-5-12/h6-10,12,24H,4-5,11H2,1-3H3. The van der Waals surface area contributed by atoms with E-state index in [-0.39, 0.29) is 22.1 Å². The van der Waals surface area contributed by atoms with Gasteiger partial charge < -0.3 is 23.7 Å². The minimum absolute atomic E-state index is 0.123. The minimum Gasteiger partial charge on any atom is -0.506 e. The molecular weight excluding hydrogens is 372 g/mol. The molecule has 2 aliphatic rings. The third kappa shape index (κ3) is 2.99. The van der Waals surface area contributed by atoms with Gasteiger partial charge in [0.25, 0.3) is 0 Å². The van der Waals surface area contributed by atoms with Crippen LogP contribution in [0.5, 0.6) is 23.0 Å². The van der Waals surface area contributed by atoms with Gasteiger partial charge in [0.05, 0.1) is 24.7 Å². The Morgan fingerprint density at radius 1 is 1.17 bits per heavy atom. The number of hydrogen-bond donors (Lipinski definition) is 1. The summed E-state index contributed by atoms with van der Waals surface area (Å²) in [6, 6.07) is 4.95. The zero-order valence-electron chi connectivity index (χ0n) is 16.6. The van der Waals surface area contributed by atoms with Gasteiger partial charge in [0.1, 0.15) is 33.7 Å². The molecule has 1 aliphatic heterocycles. The van der Waals surface area contributed by atoms with Gasteiger partial charge in [-0.2, -0.15) is 0 Å². The smallest absolute Gasteiger partial charge is 0.204 e. The quantitative estimate of drug-likeness (QED) is 0.650. The molecule has 0 bridgehead atoms. The van der Waals surface area contributed by atoms with Gasteiger partial charge in [-0.1, -0.05) is 0 Å². The molecule has 29 heavy (non-hydrogen) atoms. The van der Waals surface area contributed by atoms with E-state index in [4.69, 9.17) is 18.6 Å². The lowest BCUT2D eigenvalue weighted by atomic mass is 9.99. The molecule has 0 unspecified atom stereocenters. The third-order valence-electron chi connectivity index (χ3n) is 5.42. The van der Waals surface area contributed by atoms with E-state index >= 15 is 0 Å². The molecule has 1 aromatic heterocycles. The lowest BCUT2D eigenvalue weighted by Crippen LogP contribution is -2.27. The van der Waals surface area contributed by atoms with Crippen molar-refractivity contribution in [2.75, 3.05) is 13.7 Å². The maximum absolute atomic E-state index is 13.2. The zero-order valence-corrected chi connectivity index (χ0v) is 16.6. The first-order chi connectivity index (χ1) is 13.9. The molecule has 150 valence electrons. The molecular formula is C23H22O6. The normalized spacial score (nSPS) is 17.2. The van der Waals surface area contributed by atoms with E-state index < -0.39 is 5.60 Å². The fourth-order valence-electron chi connectivity index (χ4n) is 3.60. The van der Waals surface area contributed by atoms with E-state index in [1.54, 1.807) is 24.3 Å². The number of methoxy groups -OCH3 is 1. The van der Waals surface area contributed by atoms with Crippen LogP contribution in [0.25, 0.3) is 28.0 Å². The molecule has 2 aromatic carbocycles. The van der Waals surface area contributed by atoms with E-state index in [1.807, 2.05) is 19.9 Å². The van der Waals surface area contributed by atoms with Crippen molar-refractivity contribution in [2.24, 2.45) is 5.92 Å². The minimum atomic E-state index is -0.512. The lowest BCUT2D eigenvalue weighted by molar-refractivity contribution is 0.158. The van der Waals surface area contributed by atoms with E-state index in [1.165, 1.54) is 20.0 Å². The van der Waals surface area contributed by atoms with Crippen LogP contribution in [0.1, 0.15) is 32.3 Å². The molecule has 1 fully saturated rings. The van der Waals surface area contributed by atoms with Gasteiger partial charge >= 0.3 is 0 Å². The molecule has 2 heterocycles. The first kappa shape index (κ1) is 17.9. The number of fused-ring (bicyclic) bond motifs is 3. The van der Waals surface area contributed by atoms with Gasteiger partial charge in [0.2, 0.25) is 5.43 Å².